The van der Waals surface area contributed by atoms with E-state index in [1.54, 1.807) is 32.2 Å². The van der Waals surface area contributed by atoms with Gasteiger partial charge in [0.2, 0.25) is 0 Å². The number of hydrogen-bond donors (Lipinski definition) is 1. The Morgan fingerprint density at radius 3 is 2.78 bits per heavy atom. The zero-order chi connectivity index (χ0) is 13.7. The lowest BCUT2D eigenvalue weighted by Gasteiger charge is -2.18. The smallest absolute Gasteiger partial charge is 0.253 e. The second-order valence-corrected chi connectivity index (χ2v) is 4.21. The maximum Gasteiger partial charge on any atom is 0.253 e. The molecule has 18 heavy (non-hydrogen) atoms. The number of hydrogen-bond acceptors (Lipinski definition) is 4. The van der Waals surface area contributed by atoms with Crippen LogP contribution < -0.4 is 10.5 Å². The van der Waals surface area contributed by atoms with Crippen LogP contribution in [0.5, 0.6) is 5.75 Å². The lowest BCUT2D eigenvalue weighted by molar-refractivity contribution is 0.0785. The quantitative estimate of drug-likeness (QED) is 0.818. The number of benzene rings is 1. The van der Waals surface area contributed by atoms with Crippen LogP contribution in [0.2, 0.25) is 0 Å². The van der Waals surface area contributed by atoms with Crippen molar-refractivity contribution in [3.8, 4) is 11.8 Å². The molecule has 5 heteroatoms. The van der Waals surface area contributed by atoms with Gasteiger partial charge in [-0.15, -0.1) is 0 Å². The molecule has 0 aliphatic carbocycles. The Kier molecular flexibility index (Phi) is 4.55. The zero-order valence-electron chi connectivity index (χ0n) is 10.8. The van der Waals surface area contributed by atoms with Crippen molar-refractivity contribution >= 4 is 11.6 Å². The molecule has 0 saturated heterocycles. The summed E-state index contributed by atoms with van der Waals surface area (Å²) in [5, 5.41) is 8.73. The molecule has 0 bridgehead atoms. The first kappa shape index (κ1) is 13.8. The van der Waals surface area contributed by atoms with E-state index in [-0.39, 0.29) is 11.8 Å². The third kappa shape index (κ3) is 3.39. The zero-order valence-corrected chi connectivity index (χ0v) is 10.8. The van der Waals surface area contributed by atoms with Crippen molar-refractivity contribution in [1.29, 1.82) is 5.26 Å². The Morgan fingerprint density at radius 1 is 1.56 bits per heavy atom. The molecule has 0 aromatic heterocycles. The highest BCUT2D eigenvalue weighted by molar-refractivity contribution is 5.95. The number of nitrogens with two attached hydrogens (primary N) is 1. The average Bonchev–Trinajstić information content (AvgIpc) is 2.36. The fourth-order valence-electron chi connectivity index (χ4n) is 1.62. The van der Waals surface area contributed by atoms with E-state index in [2.05, 4.69) is 6.07 Å². The Balaban J connectivity index is 2.90. The first-order chi connectivity index (χ1) is 8.47. The predicted molar refractivity (Wildman–Crippen MR) is 69.1 cm³/mol. The van der Waals surface area contributed by atoms with Gasteiger partial charge in [-0.3, -0.25) is 4.79 Å². The van der Waals surface area contributed by atoms with Crippen LogP contribution in [0.3, 0.4) is 0 Å². The lowest BCUT2D eigenvalue weighted by Crippen LogP contribution is -2.30. The van der Waals surface area contributed by atoms with Crippen LogP contribution in [0.1, 0.15) is 17.3 Å². The molecule has 1 amide bonds. The van der Waals surface area contributed by atoms with Gasteiger partial charge in [-0.2, -0.15) is 5.26 Å². The van der Waals surface area contributed by atoms with Gasteiger partial charge in [0.05, 0.1) is 19.1 Å². The SMILES string of the molecule is COc1cc(N)cc(C(=O)N(C)CC(C)C#N)c1. The largest absolute Gasteiger partial charge is 0.497 e. The molecule has 1 atom stereocenters. The van der Waals surface area contributed by atoms with Gasteiger partial charge >= 0.3 is 0 Å². The molecule has 2 N–H and O–H groups in total. The number of amides is 1. The van der Waals surface area contributed by atoms with E-state index in [1.165, 1.54) is 12.0 Å². The van der Waals surface area contributed by atoms with Crippen molar-refractivity contribution < 1.29 is 9.53 Å². The number of nitriles is 1. The molecular formula is C13H17N3O2. The number of ether oxygens (including phenoxy) is 1. The van der Waals surface area contributed by atoms with E-state index >= 15 is 0 Å². The maximum atomic E-state index is 12.1. The average molecular weight is 247 g/mol. The van der Waals surface area contributed by atoms with E-state index in [1.807, 2.05) is 0 Å². The number of rotatable bonds is 4. The monoisotopic (exact) mass is 247 g/mol. The normalized spacial score (nSPS) is 11.4. The van der Waals surface area contributed by atoms with Gasteiger partial charge in [-0.25, -0.2) is 0 Å². The van der Waals surface area contributed by atoms with Gasteiger partial charge in [-0.05, 0) is 19.1 Å². The minimum absolute atomic E-state index is 0.178. The minimum Gasteiger partial charge on any atom is -0.497 e. The molecule has 0 radical (unpaired) electrons. The summed E-state index contributed by atoms with van der Waals surface area (Å²) < 4.78 is 5.06. The standard InChI is InChI=1S/C13H17N3O2/c1-9(7-14)8-16(2)13(17)10-4-11(15)6-12(5-10)18-3/h4-6,9H,8,15H2,1-3H3. The van der Waals surface area contributed by atoms with Crippen LogP contribution in [0.15, 0.2) is 18.2 Å². The Labute approximate surface area is 107 Å². The fraction of sp³-hybridized carbons (Fsp3) is 0.385. The van der Waals surface area contributed by atoms with E-state index in [0.717, 1.165) is 0 Å². The van der Waals surface area contributed by atoms with Crippen LogP contribution in [0.4, 0.5) is 5.69 Å². The number of carbonyl (C=O) groups excluding carboxylic acids is 1. The summed E-state index contributed by atoms with van der Waals surface area (Å²) in [7, 11) is 3.18. The summed E-state index contributed by atoms with van der Waals surface area (Å²) in [6, 6.07) is 6.97. The van der Waals surface area contributed by atoms with Gasteiger partial charge < -0.3 is 15.4 Å². The molecule has 5 nitrogen and oxygen atoms in total. The molecule has 0 saturated carbocycles. The minimum atomic E-state index is -0.207. The number of nitrogens with zero attached hydrogens (tertiary/aromatic N) is 2. The van der Waals surface area contributed by atoms with Crippen molar-refractivity contribution in [3.63, 3.8) is 0 Å². The van der Waals surface area contributed by atoms with Gasteiger partial charge in [0.15, 0.2) is 0 Å². The fourth-order valence-corrected chi connectivity index (χ4v) is 1.62. The van der Waals surface area contributed by atoms with Crippen LogP contribution in [0, 0.1) is 17.2 Å². The summed E-state index contributed by atoms with van der Waals surface area (Å²) in [5.41, 5.74) is 6.63. The van der Waals surface area contributed by atoms with Crippen molar-refractivity contribution in [1.82, 2.24) is 4.90 Å². The van der Waals surface area contributed by atoms with Gasteiger partial charge in [-0.1, -0.05) is 0 Å². The summed E-state index contributed by atoms with van der Waals surface area (Å²) >= 11 is 0. The first-order valence-corrected chi connectivity index (χ1v) is 5.57. The maximum absolute atomic E-state index is 12.1. The molecule has 1 unspecified atom stereocenters. The molecule has 0 spiro atoms. The van der Waals surface area contributed by atoms with Crippen molar-refractivity contribution in [2.24, 2.45) is 5.92 Å². The second-order valence-electron chi connectivity index (χ2n) is 4.21. The second kappa shape index (κ2) is 5.92. The highest BCUT2D eigenvalue weighted by Gasteiger charge is 2.15. The van der Waals surface area contributed by atoms with Crippen LogP contribution >= 0.6 is 0 Å². The molecule has 0 heterocycles. The Morgan fingerprint density at radius 2 is 2.22 bits per heavy atom. The lowest BCUT2D eigenvalue weighted by atomic mass is 10.1. The number of nitrogen functional groups attached to an aromatic ring is 1. The van der Waals surface area contributed by atoms with Crippen molar-refractivity contribution in [2.45, 2.75) is 6.92 Å². The van der Waals surface area contributed by atoms with Crippen LogP contribution in [0.25, 0.3) is 0 Å². The van der Waals surface area contributed by atoms with E-state index in [0.29, 0.717) is 23.5 Å². The first-order valence-electron chi connectivity index (χ1n) is 5.57. The summed E-state index contributed by atoms with van der Waals surface area (Å²) in [4.78, 5) is 13.6. The molecule has 1 aromatic carbocycles. The molecular weight excluding hydrogens is 230 g/mol. The molecule has 1 aromatic rings. The van der Waals surface area contributed by atoms with E-state index in [9.17, 15) is 4.79 Å². The predicted octanol–water partition coefficient (Wildman–Crippen LogP) is 1.51. The molecule has 0 fully saturated rings. The summed E-state index contributed by atoms with van der Waals surface area (Å²) in [5.74, 6) is 0.157. The van der Waals surface area contributed by atoms with Crippen molar-refractivity contribution in [2.75, 3.05) is 26.4 Å². The molecule has 1 rings (SSSR count). The third-order valence-electron chi connectivity index (χ3n) is 2.53. The number of anilines is 1. The highest BCUT2D eigenvalue weighted by atomic mass is 16.5. The van der Waals surface area contributed by atoms with Gasteiger partial charge in [0.1, 0.15) is 5.75 Å². The van der Waals surface area contributed by atoms with Gasteiger partial charge in [0.25, 0.3) is 5.91 Å². The van der Waals surface area contributed by atoms with Gasteiger partial charge in [0, 0.05) is 30.9 Å². The molecule has 96 valence electrons. The van der Waals surface area contributed by atoms with Crippen LogP contribution in [-0.4, -0.2) is 31.5 Å². The Bertz CT molecular complexity index is 480. The van der Waals surface area contributed by atoms with Crippen LogP contribution in [-0.2, 0) is 0 Å². The number of methoxy groups -OCH3 is 1. The summed E-state index contributed by atoms with van der Waals surface area (Å²) in [6.45, 7) is 2.15. The van der Waals surface area contributed by atoms with Crippen molar-refractivity contribution in [3.05, 3.63) is 23.8 Å². The Hall–Kier alpha value is -2.22. The third-order valence-corrected chi connectivity index (χ3v) is 2.53. The topological polar surface area (TPSA) is 79.3 Å². The van der Waals surface area contributed by atoms with E-state index in [4.69, 9.17) is 15.7 Å². The highest BCUT2D eigenvalue weighted by Crippen LogP contribution is 2.19. The molecule has 0 aliphatic heterocycles. The molecule has 0 aliphatic rings. The van der Waals surface area contributed by atoms with E-state index < -0.39 is 0 Å². The summed E-state index contributed by atoms with van der Waals surface area (Å²) in [6.07, 6.45) is 0. The number of carbonyl (C=O) groups is 1.